The molecule has 0 saturated heterocycles. The van der Waals surface area contributed by atoms with Crippen LogP contribution in [0.4, 0.5) is 0 Å². The molecule has 0 amide bonds. The van der Waals surface area contributed by atoms with Crippen LogP contribution in [0.3, 0.4) is 0 Å². The molecule has 8 nitrogen and oxygen atoms in total. The average Bonchev–Trinajstić information content (AvgIpc) is 3.57. The van der Waals surface area contributed by atoms with Crippen LogP contribution in [-0.4, -0.2) is 50.4 Å². The third-order valence-corrected chi connectivity index (χ3v) is 5.85. The van der Waals surface area contributed by atoms with Gasteiger partial charge in [0.15, 0.2) is 0 Å². The van der Waals surface area contributed by atoms with E-state index in [0.29, 0.717) is 5.46 Å². The fourth-order valence-corrected chi connectivity index (χ4v) is 3.63. The standard InChI is InChI=1S/C10H7BrS.C6H6BBrO2.C4H4S.3C2H4O2.Mn/c11-9-5-3-8(4-6-9)10-2-1-7-12-10;8-6-3-1-5(2-4-6)7(9)10;1-2-4-5-3-1;3*1-2(3)4;/h1-7H;1-4,9-10H;1-4H;3*1H3,(H,3,4);. The van der Waals surface area contributed by atoms with Gasteiger partial charge in [-0.25, -0.2) is 0 Å². The van der Waals surface area contributed by atoms with Crippen molar-refractivity contribution in [3.8, 4) is 10.4 Å². The van der Waals surface area contributed by atoms with Crippen LogP contribution in [0.2, 0.25) is 0 Å². The van der Waals surface area contributed by atoms with Crippen LogP contribution >= 0.6 is 54.5 Å². The van der Waals surface area contributed by atoms with Crippen molar-refractivity contribution in [1.82, 2.24) is 0 Å². The molecule has 0 saturated carbocycles. The minimum absolute atomic E-state index is 0. The van der Waals surface area contributed by atoms with Crippen LogP contribution in [0.25, 0.3) is 10.4 Å². The van der Waals surface area contributed by atoms with E-state index in [4.69, 9.17) is 39.8 Å². The van der Waals surface area contributed by atoms with Crippen molar-refractivity contribution >= 4 is 85.0 Å². The Kier molecular flexibility index (Phi) is 28.4. The van der Waals surface area contributed by atoms with Gasteiger partial charge < -0.3 is 25.4 Å². The molecule has 0 atom stereocenters. The molecule has 5 N–H and O–H groups in total. The van der Waals surface area contributed by atoms with Crippen molar-refractivity contribution in [3.63, 3.8) is 0 Å². The minimum Gasteiger partial charge on any atom is -0.481 e. The van der Waals surface area contributed by atoms with Crippen molar-refractivity contribution in [3.05, 3.63) is 97.9 Å². The van der Waals surface area contributed by atoms with E-state index in [9.17, 15) is 0 Å². The van der Waals surface area contributed by atoms with Gasteiger partial charge in [-0.1, -0.05) is 74.3 Å². The quantitative estimate of drug-likeness (QED) is 0.149. The topological polar surface area (TPSA) is 152 Å². The van der Waals surface area contributed by atoms with Crippen LogP contribution in [0, 0.1) is 0 Å². The first-order valence-electron chi connectivity index (χ1n) is 10.7. The number of carboxylic acid groups (broad SMARTS) is 3. The van der Waals surface area contributed by atoms with Crippen LogP contribution < -0.4 is 5.46 Å². The number of aliphatic carboxylic acids is 3. The molecule has 0 unspecified atom stereocenters. The number of carboxylic acids is 3. The maximum atomic E-state index is 9.00. The molecule has 0 aliphatic rings. The number of hydrogen-bond acceptors (Lipinski definition) is 7. The van der Waals surface area contributed by atoms with Gasteiger partial charge in [0.2, 0.25) is 0 Å². The third-order valence-electron chi connectivity index (χ3n) is 3.24. The van der Waals surface area contributed by atoms with Crippen LogP contribution in [0.5, 0.6) is 0 Å². The summed E-state index contributed by atoms with van der Waals surface area (Å²) >= 11 is 10.1. The molecular formula is C26H29BBr2MnO8S2. The number of halogens is 2. The summed E-state index contributed by atoms with van der Waals surface area (Å²) in [6.45, 7) is 3.25. The predicted molar refractivity (Wildman–Crippen MR) is 166 cm³/mol. The molecule has 1 radical (unpaired) electrons. The second-order valence-corrected chi connectivity index (χ2v) is 10.4. The molecular weight excluding hydrogens is 730 g/mol. The maximum absolute atomic E-state index is 9.00. The Morgan fingerprint density at radius 3 is 1.30 bits per heavy atom. The molecule has 2 aromatic carbocycles. The minimum atomic E-state index is -1.37. The number of carbonyl (C=O) groups is 3. The summed E-state index contributed by atoms with van der Waals surface area (Å²) in [5.74, 6) is -2.50. The zero-order valence-corrected chi connectivity index (χ0v) is 27.6. The normalized spacial score (nSPS) is 8.28. The van der Waals surface area contributed by atoms with E-state index >= 15 is 0 Å². The van der Waals surface area contributed by atoms with E-state index in [0.717, 1.165) is 29.7 Å². The summed E-state index contributed by atoms with van der Waals surface area (Å²) < 4.78 is 2.06. The number of benzene rings is 2. The van der Waals surface area contributed by atoms with Crippen molar-refractivity contribution in [2.75, 3.05) is 0 Å². The molecule has 40 heavy (non-hydrogen) atoms. The van der Waals surface area contributed by atoms with E-state index in [2.05, 4.69) is 73.6 Å². The molecule has 2 aromatic heterocycles. The van der Waals surface area contributed by atoms with Crippen molar-refractivity contribution in [1.29, 1.82) is 0 Å². The van der Waals surface area contributed by atoms with E-state index < -0.39 is 25.0 Å². The molecule has 0 fully saturated rings. The summed E-state index contributed by atoms with van der Waals surface area (Å²) in [5.41, 5.74) is 1.79. The molecule has 2 heterocycles. The largest absolute Gasteiger partial charge is 0.488 e. The first kappa shape index (κ1) is 42.2. The Balaban J connectivity index is -0.000000440. The van der Waals surface area contributed by atoms with Crippen LogP contribution in [-0.2, 0) is 31.5 Å². The fraction of sp³-hybridized carbons (Fsp3) is 0.115. The van der Waals surface area contributed by atoms with Crippen molar-refractivity contribution in [2.24, 2.45) is 0 Å². The maximum Gasteiger partial charge on any atom is 0.488 e. The number of rotatable bonds is 2. The van der Waals surface area contributed by atoms with Gasteiger partial charge in [-0.05, 0) is 57.5 Å². The molecule has 0 aliphatic heterocycles. The zero-order chi connectivity index (χ0) is 30.2. The van der Waals surface area contributed by atoms with Gasteiger partial charge in [0.25, 0.3) is 17.9 Å². The van der Waals surface area contributed by atoms with Gasteiger partial charge >= 0.3 is 7.12 Å². The fourth-order valence-electron chi connectivity index (χ4n) is 1.92. The molecule has 14 heteroatoms. The van der Waals surface area contributed by atoms with Crippen molar-refractivity contribution in [2.45, 2.75) is 20.8 Å². The Morgan fingerprint density at radius 1 is 0.650 bits per heavy atom. The summed E-state index contributed by atoms with van der Waals surface area (Å²) in [6, 6.07) is 23.4. The average molecular weight is 759 g/mol. The Labute approximate surface area is 269 Å². The van der Waals surface area contributed by atoms with E-state index in [1.807, 2.05) is 22.9 Å². The number of thiophene rings is 2. The Hall–Kier alpha value is -2.29. The monoisotopic (exact) mass is 757 g/mol. The van der Waals surface area contributed by atoms with E-state index in [1.165, 1.54) is 10.4 Å². The van der Waals surface area contributed by atoms with Gasteiger partial charge in [0, 0.05) is 51.7 Å². The summed E-state index contributed by atoms with van der Waals surface area (Å²) in [6.07, 6.45) is 0. The van der Waals surface area contributed by atoms with Crippen LogP contribution in [0.1, 0.15) is 20.8 Å². The Morgan fingerprint density at radius 2 is 1.02 bits per heavy atom. The summed E-state index contributed by atoms with van der Waals surface area (Å²) in [5, 5.41) is 45.7. The molecule has 4 aromatic rings. The zero-order valence-electron chi connectivity index (χ0n) is 21.6. The third kappa shape index (κ3) is 30.3. The van der Waals surface area contributed by atoms with Gasteiger partial charge in [0.05, 0.1) is 0 Å². The van der Waals surface area contributed by atoms with Crippen molar-refractivity contribution < 1.29 is 56.8 Å². The second-order valence-electron chi connectivity index (χ2n) is 6.76. The number of hydrogen-bond donors (Lipinski definition) is 5. The van der Waals surface area contributed by atoms with Crippen LogP contribution in [0.15, 0.2) is 97.9 Å². The SMILES string of the molecule is Brc1ccc(-c2cccs2)cc1.CC(=O)O.CC(=O)O.CC(=O)O.OB(O)c1ccc(Br)cc1.[Mn].c1ccsc1. The Bertz CT molecular complexity index is 1100. The van der Waals surface area contributed by atoms with Gasteiger partial charge in [-0.15, -0.1) is 11.3 Å². The van der Waals surface area contributed by atoms with E-state index in [-0.39, 0.29) is 17.1 Å². The predicted octanol–water partition coefficient (Wildman–Crippen LogP) is 6.32. The molecule has 0 bridgehead atoms. The second kappa shape index (κ2) is 26.9. The molecule has 0 aliphatic carbocycles. The van der Waals surface area contributed by atoms with Gasteiger partial charge in [0.1, 0.15) is 0 Å². The first-order chi connectivity index (χ1) is 18.3. The van der Waals surface area contributed by atoms with E-state index in [1.54, 1.807) is 46.9 Å². The molecule has 0 spiro atoms. The summed E-state index contributed by atoms with van der Waals surface area (Å²) in [4.78, 5) is 28.3. The molecule has 4 rings (SSSR count). The first-order valence-corrected chi connectivity index (χ1v) is 14.1. The summed E-state index contributed by atoms with van der Waals surface area (Å²) in [7, 11) is -1.37. The smallest absolute Gasteiger partial charge is 0.481 e. The van der Waals surface area contributed by atoms with Gasteiger partial charge in [-0.2, -0.15) is 11.3 Å². The van der Waals surface area contributed by atoms with Gasteiger partial charge in [-0.3, -0.25) is 14.4 Å². The molecule has 217 valence electrons.